The molecule has 1 fully saturated rings. The number of thiazole rings is 1. The largest absolute Gasteiger partial charge is 0.322 e. The summed E-state index contributed by atoms with van der Waals surface area (Å²) >= 11 is 14.4. The van der Waals surface area contributed by atoms with E-state index in [1.165, 1.54) is 33.3 Å². The minimum atomic E-state index is -0.642. The van der Waals surface area contributed by atoms with Crippen LogP contribution < -0.4 is 15.1 Å². The molecule has 3 amide bonds. The van der Waals surface area contributed by atoms with Crippen molar-refractivity contribution in [1.82, 2.24) is 4.98 Å². The second-order valence-corrected chi connectivity index (χ2v) is 15.9. The highest BCUT2D eigenvalue weighted by Gasteiger charge is 2.41. The monoisotopic (exact) mass is 803 g/mol. The standard InChI is InChI=1S/C41H30ClN5O5S3/c1-22-9-13-28(17-24(22)3)45-38(49)31(39(50)46(41(45)53)29-14-10-23(2)25(4)18-29)19-26-11-16-35(34(20-26)47(51)52)54-40-44-33-15-12-27(21-36(33)55-40)43-37(48)30-7-5-6-8-32(30)42/h5-21H,1-4H3,(H,43,48). The van der Waals surface area contributed by atoms with E-state index in [4.69, 9.17) is 23.8 Å². The molecule has 5 aromatic carbocycles. The summed E-state index contributed by atoms with van der Waals surface area (Å²) in [5.74, 6) is -1.64. The minimum Gasteiger partial charge on any atom is -0.322 e. The van der Waals surface area contributed by atoms with E-state index in [1.54, 1.807) is 66.7 Å². The molecule has 274 valence electrons. The number of nitrogens with zero attached hydrogens (tertiary/aromatic N) is 4. The molecule has 14 heteroatoms. The first-order chi connectivity index (χ1) is 26.3. The lowest BCUT2D eigenvalue weighted by molar-refractivity contribution is -0.387. The Morgan fingerprint density at radius 1 is 0.855 bits per heavy atom. The van der Waals surface area contributed by atoms with Gasteiger partial charge in [-0.2, -0.15) is 0 Å². The molecule has 1 saturated heterocycles. The number of amides is 3. The van der Waals surface area contributed by atoms with Crippen LogP contribution in [0.2, 0.25) is 5.02 Å². The van der Waals surface area contributed by atoms with E-state index < -0.39 is 16.7 Å². The Bertz CT molecular complexity index is 2580. The van der Waals surface area contributed by atoms with Crippen LogP contribution in [0.5, 0.6) is 0 Å². The van der Waals surface area contributed by atoms with Gasteiger partial charge >= 0.3 is 0 Å². The third-order valence-electron chi connectivity index (χ3n) is 9.18. The summed E-state index contributed by atoms with van der Waals surface area (Å²) in [7, 11) is 0. The first kappa shape index (κ1) is 37.6. The van der Waals surface area contributed by atoms with E-state index in [1.807, 2.05) is 52.0 Å². The number of nitrogens with one attached hydrogen (secondary N) is 1. The molecular weight excluding hydrogens is 774 g/mol. The molecule has 0 saturated carbocycles. The average molecular weight is 804 g/mol. The summed E-state index contributed by atoms with van der Waals surface area (Å²) in [4.78, 5) is 60.7. The Morgan fingerprint density at radius 2 is 1.49 bits per heavy atom. The molecule has 1 aliphatic heterocycles. The number of rotatable bonds is 8. The Balaban J connectivity index is 1.21. The first-order valence-electron chi connectivity index (χ1n) is 16.8. The van der Waals surface area contributed by atoms with E-state index in [0.717, 1.165) is 38.7 Å². The summed E-state index contributed by atoms with van der Waals surface area (Å²) in [6, 6.07) is 27.5. The first-order valence-corrected chi connectivity index (χ1v) is 19.2. The molecule has 55 heavy (non-hydrogen) atoms. The molecule has 2 heterocycles. The van der Waals surface area contributed by atoms with Crippen molar-refractivity contribution in [2.75, 3.05) is 15.1 Å². The van der Waals surface area contributed by atoms with Gasteiger partial charge in [-0.3, -0.25) is 34.3 Å². The highest BCUT2D eigenvalue weighted by atomic mass is 35.5. The Labute approximate surface area is 334 Å². The quantitative estimate of drug-likeness (QED) is 0.0530. The Morgan fingerprint density at radius 3 is 2.09 bits per heavy atom. The van der Waals surface area contributed by atoms with Gasteiger partial charge in [-0.15, -0.1) is 11.3 Å². The lowest BCUT2D eigenvalue weighted by atomic mass is 10.0. The fourth-order valence-corrected chi connectivity index (χ4v) is 8.64. The van der Waals surface area contributed by atoms with Crippen molar-refractivity contribution in [3.8, 4) is 0 Å². The smallest absolute Gasteiger partial charge is 0.283 e. The number of aromatic nitrogens is 1. The fraction of sp³-hybridized carbons (Fsp3) is 0.0976. The lowest BCUT2D eigenvalue weighted by Gasteiger charge is -2.37. The molecule has 10 nitrogen and oxygen atoms in total. The lowest BCUT2D eigenvalue weighted by Crippen LogP contribution is -2.57. The second-order valence-electron chi connectivity index (χ2n) is 12.8. The number of hydrogen-bond acceptors (Lipinski definition) is 9. The maximum Gasteiger partial charge on any atom is 0.283 e. The highest BCUT2D eigenvalue weighted by Crippen LogP contribution is 2.40. The van der Waals surface area contributed by atoms with Crippen LogP contribution >= 0.6 is 46.9 Å². The summed E-state index contributed by atoms with van der Waals surface area (Å²) in [5.41, 5.74) is 6.30. The molecule has 0 unspecified atom stereocenters. The molecule has 0 spiro atoms. The topological polar surface area (TPSA) is 126 Å². The van der Waals surface area contributed by atoms with Crippen molar-refractivity contribution in [2.45, 2.75) is 36.9 Å². The van der Waals surface area contributed by atoms with Gasteiger partial charge in [-0.25, -0.2) is 4.98 Å². The van der Waals surface area contributed by atoms with Gasteiger partial charge in [0.1, 0.15) is 5.57 Å². The average Bonchev–Trinajstić information content (AvgIpc) is 3.55. The van der Waals surface area contributed by atoms with Crippen LogP contribution in [0.4, 0.5) is 22.7 Å². The third-order valence-corrected chi connectivity index (χ3v) is 12.0. The molecule has 1 N–H and O–H groups in total. The van der Waals surface area contributed by atoms with Crippen molar-refractivity contribution >= 4 is 109 Å². The van der Waals surface area contributed by atoms with Gasteiger partial charge in [0.25, 0.3) is 23.4 Å². The van der Waals surface area contributed by atoms with Crippen molar-refractivity contribution in [3.63, 3.8) is 0 Å². The third kappa shape index (κ3) is 7.51. The highest BCUT2D eigenvalue weighted by molar-refractivity contribution is 8.01. The zero-order chi connectivity index (χ0) is 39.1. The number of nitro benzene ring substituents is 1. The molecule has 0 atom stereocenters. The normalized spacial score (nSPS) is 13.1. The van der Waals surface area contributed by atoms with E-state index in [2.05, 4.69) is 10.3 Å². The molecule has 7 rings (SSSR count). The van der Waals surface area contributed by atoms with Crippen LogP contribution in [-0.2, 0) is 9.59 Å². The molecule has 0 bridgehead atoms. The van der Waals surface area contributed by atoms with Crippen LogP contribution in [0.3, 0.4) is 0 Å². The van der Waals surface area contributed by atoms with Crippen molar-refractivity contribution in [2.24, 2.45) is 0 Å². The molecule has 0 radical (unpaired) electrons. The van der Waals surface area contributed by atoms with Crippen LogP contribution in [0.15, 0.2) is 112 Å². The number of carbonyl (C=O) groups is 3. The summed E-state index contributed by atoms with van der Waals surface area (Å²) in [6.07, 6.45) is 1.37. The van der Waals surface area contributed by atoms with Crippen LogP contribution in [0, 0.1) is 37.8 Å². The predicted molar refractivity (Wildman–Crippen MR) is 224 cm³/mol. The molecule has 1 aromatic heterocycles. The molecular formula is C41H30ClN5O5S3. The summed E-state index contributed by atoms with van der Waals surface area (Å²) in [6.45, 7) is 7.76. The molecule has 1 aliphatic rings. The van der Waals surface area contributed by atoms with Gasteiger partial charge in [-0.05, 0) is 134 Å². The Hall–Kier alpha value is -5.73. The van der Waals surface area contributed by atoms with E-state index >= 15 is 0 Å². The minimum absolute atomic E-state index is 0.00214. The van der Waals surface area contributed by atoms with E-state index in [9.17, 15) is 24.5 Å². The Kier molecular flexibility index (Phi) is 10.4. The maximum atomic E-state index is 14.2. The van der Waals surface area contributed by atoms with Crippen LogP contribution in [0.1, 0.15) is 38.2 Å². The summed E-state index contributed by atoms with van der Waals surface area (Å²) < 4.78 is 1.30. The SMILES string of the molecule is Cc1ccc(N2C(=O)C(=Cc3ccc(Sc4nc5ccc(NC(=O)c6ccccc6Cl)cc5s4)c([N+](=O)[O-])c3)C(=O)N(c3ccc(C)c(C)c3)C2=S)cc1C. The number of benzene rings is 5. The van der Waals surface area contributed by atoms with Gasteiger partial charge < -0.3 is 5.32 Å². The number of hydrogen-bond donors (Lipinski definition) is 1. The van der Waals surface area contributed by atoms with Gasteiger partial charge in [0.15, 0.2) is 9.45 Å². The van der Waals surface area contributed by atoms with Gasteiger partial charge in [-0.1, -0.05) is 53.7 Å². The van der Waals surface area contributed by atoms with Crippen molar-refractivity contribution in [3.05, 3.63) is 151 Å². The molecule has 0 aliphatic carbocycles. The fourth-order valence-electron chi connectivity index (χ4n) is 5.90. The van der Waals surface area contributed by atoms with Crippen molar-refractivity contribution in [1.29, 1.82) is 0 Å². The predicted octanol–water partition coefficient (Wildman–Crippen LogP) is 10.2. The van der Waals surface area contributed by atoms with Crippen LogP contribution in [-0.4, -0.2) is 32.7 Å². The number of nitro groups is 1. The summed E-state index contributed by atoms with van der Waals surface area (Å²) in [5, 5.41) is 15.6. The molecule has 6 aromatic rings. The number of halogens is 1. The number of carbonyl (C=O) groups excluding carboxylic acids is 3. The van der Waals surface area contributed by atoms with Crippen LogP contribution in [0.25, 0.3) is 16.3 Å². The number of aryl methyl sites for hydroxylation is 4. The second kappa shape index (κ2) is 15.2. The van der Waals surface area contributed by atoms with Gasteiger partial charge in [0.05, 0.1) is 42.0 Å². The van der Waals surface area contributed by atoms with E-state index in [-0.39, 0.29) is 27.8 Å². The zero-order valence-corrected chi connectivity index (χ0v) is 33.0. The van der Waals surface area contributed by atoms with E-state index in [0.29, 0.717) is 42.4 Å². The number of anilines is 3. The number of thiocarbonyl (C=S) groups is 1. The van der Waals surface area contributed by atoms with Gasteiger partial charge in [0, 0.05) is 11.8 Å². The van der Waals surface area contributed by atoms with Crippen molar-refractivity contribution < 1.29 is 19.3 Å². The zero-order valence-electron chi connectivity index (χ0n) is 29.7. The van der Waals surface area contributed by atoms with Gasteiger partial charge in [0.2, 0.25) is 0 Å². The number of fused-ring (bicyclic) bond motifs is 1. The maximum absolute atomic E-state index is 14.2.